The molecule has 0 aliphatic heterocycles. The molecular formula is C11H12N2. The van der Waals surface area contributed by atoms with Gasteiger partial charge < -0.3 is 10.7 Å². The molecular weight excluding hydrogens is 160 g/mol. The maximum atomic E-state index is 5.39. The maximum absolute atomic E-state index is 5.39. The summed E-state index contributed by atoms with van der Waals surface area (Å²) in [5, 5.41) is 1.24. The van der Waals surface area contributed by atoms with Crippen LogP contribution in [0.1, 0.15) is 5.56 Å². The van der Waals surface area contributed by atoms with Gasteiger partial charge in [0.15, 0.2) is 0 Å². The lowest BCUT2D eigenvalue weighted by Gasteiger charge is -1.89. The minimum atomic E-state index is 0.583. The number of H-pyrrole nitrogens is 1. The van der Waals surface area contributed by atoms with E-state index in [9.17, 15) is 0 Å². The number of benzene rings is 1. The molecule has 66 valence electrons. The van der Waals surface area contributed by atoms with E-state index in [1.165, 1.54) is 16.5 Å². The summed E-state index contributed by atoms with van der Waals surface area (Å²) in [6, 6.07) is 8.22. The molecule has 1 aromatic heterocycles. The summed E-state index contributed by atoms with van der Waals surface area (Å²) >= 11 is 0. The van der Waals surface area contributed by atoms with Crippen LogP contribution in [0.3, 0.4) is 0 Å². The number of hydrogen-bond donors (Lipinski definition) is 2. The van der Waals surface area contributed by atoms with E-state index < -0.39 is 0 Å². The van der Waals surface area contributed by atoms with E-state index in [1.807, 2.05) is 30.5 Å². The van der Waals surface area contributed by atoms with Gasteiger partial charge in [0.05, 0.1) is 0 Å². The molecule has 0 aliphatic carbocycles. The van der Waals surface area contributed by atoms with Crippen molar-refractivity contribution in [1.82, 2.24) is 4.98 Å². The molecule has 0 spiro atoms. The highest BCUT2D eigenvalue weighted by Gasteiger charge is 1.97. The Bertz CT molecular complexity index is 426. The summed E-state index contributed by atoms with van der Waals surface area (Å²) in [5.74, 6) is 0. The standard InChI is InChI=1S/C11H12N2/c12-7-3-4-9-8-13-11-6-2-1-5-10(9)11/h1-6,8,13H,7,12H2. The Hall–Kier alpha value is -1.54. The fourth-order valence-electron chi connectivity index (χ4n) is 1.43. The Labute approximate surface area is 77.1 Å². The zero-order valence-electron chi connectivity index (χ0n) is 7.33. The first-order valence-electron chi connectivity index (χ1n) is 4.34. The third-order valence-electron chi connectivity index (χ3n) is 2.05. The normalized spacial score (nSPS) is 11.5. The van der Waals surface area contributed by atoms with Gasteiger partial charge in [-0.3, -0.25) is 0 Å². The molecule has 0 saturated carbocycles. The van der Waals surface area contributed by atoms with Gasteiger partial charge in [0.25, 0.3) is 0 Å². The van der Waals surface area contributed by atoms with Crippen molar-refractivity contribution < 1.29 is 0 Å². The predicted octanol–water partition coefficient (Wildman–Crippen LogP) is 2.14. The van der Waals surface area contributed by atoms with Crippen LogP contribution in [0.4, 0.5) is 0 Å². The number of rotatable bonds is 2. The van der Waals surface area contributed by atoms with E-state index in [4.69, 9.17) is 5.73 Å². The average molecular weight is 172 g/mol. The van der Waals surface area contributed by atoms with Crippen molar-refractivity contribution >= 4 is 17.0 Å². The Morgan fingerprint density at radius 3 is 3.00 bits per heavy atom. The molecule has 0 radical (unpaired) electrons. The molecule has 0 unspecified atom stereocenters. The second kappa shape index (κ2) is 3.46. The van der Waals surface area contributed by atoms with Gasteiger partial charge >= 0.3 is 0 Å². The zero-order chi connectivity index (χ0) is 9.10. The molecule has 0 bridgehead atoms. The summed E-state index contributed by atoms with van der Waals surface area (Å²) in [4.78, 5) is 3.20. The van der Waals surface area contributed by atoms with Gasteiger partial charge in [0, 0.05) is 23.6 Å². The molecule has 13 heavy (non-hydrogen) atoms. The van der Waals surface area contributed by atoms with Crippen molar-refractivity contribution in [3.63, 3.8) is 0 Å². The number of nitrogens with one attached hydrogen (secondary N) is 1. The van der Waals surface area contributed by atoms with E-state index in [0.29, 0.717) is 6.54 Å². The van der Waals surface area contributed by atoms with Gasteiger partial charge in [-0.2, -0.15) is 0 Å². The van der Waals surface area contributed by atoms with Gasteiger partial charge in [0.2, 0.25) is 0 Å². The minimum Gasteiger partial charge on any atom is -0.361 e. The summed E-state index contributed by atoms with van der Waals surface area (Å²) < 4.78 is 0. The third-order valence-corrected chi connectivity index (χ3v) is 2.05. The van der Waals surface area contributed by atoms with E-state index >= 15 is 0 Å². The third kappa shape index (κ3) is 1.48. The molecule has 2 aromatic rings. The molecule has 1 aromatic carbocycles. The highest BCUT2D eigenvalue weighted by molar-refractivity contribution is 5.88. The van der Waals surface area contributed by atoms with Crippen LogP contribution in [-0.4, -0.2) is 11.5 Å². The van der Waals surface area contributed by atoms with Crippen molar-refractivity contribution in [2.45, 2.75) is 0 Å². The van der Waals surface area contributed by atoms with E-state index in [-0.39, 0.29) is 0 Å². The lowest BCUT2D eigenvalue weighted by Crippen LogP contribution is -1.91. The maximum Gasteiger partial charge on any atom is 0.0460 e. The first-order valence-corrected chi connectivity index (χ1v) is 4.34. The number of para-hydroxylation sites is 1. The van der Waals surface area contributed by atoms with Crippen molar-refractivity contribution in [3.8, 4) is 0 Å². The van der Waals surface area contributed by atoms with Gasteiger partial charge in [-0.1, -0.05) is 30.4 Å². The summed E-state index contributed by atoms with van der Waals surface area (Å²) in [6.45, 7) is 0.583. The number of fused-ring (bicyclic) bond motifs is 1. The molecule has 0 saturated heterocycles. The summed E-state index contributed by atoms with van der Waals surface area (Å²) in [6.07, 6.45) is 5.99. The van der Waals surface area contributed by atoms with Crippen molar-refractivity contribution in [3.05, 3.63) is 42.1 Å². The smallest absolute Gasteiger partial charge is 0.0460 e. The molecule has 3 N–H and O–H groups in total. The first kappa shape index (κ1) is 8.08. The predicted molar refractivity (Wildman–Crippen MR) is 56.4 cm³/mol. The minimum absolute atomic E-state index is 0.583. The molecule has 1 heterocycles. The monoisotopic (exact) mass is 172 g/mol. The van der Waals surface area contributed by atoms with E-state index in [1.54, 1.807) is 0 Å². The summed E-state index contributed by atoms with van der Waals surface area (Å²) in [5.41, 5.74) is 7.75. The van der Waals surface area contributed by atoms with Crippen LogP contribution >= 0.6 is 0 Å². The van der Waals surface area contributed by atoms with Crippen molar-refractivity contribution in [2.75, 3.05) is 6.54 Å². The van der Waals surface area contributed by atoms with Crippen LogP contribution in [0.2, 0.25) is 0 Å². The Kier molecular flexibility index (Phi) is 2.15. The van der Waals surface area contributed by atoms with Crippen LogP contribution in [0, 0.1) is 0 Å². The quantitative estimate of drug-likeness (QED) is 0.716. The SMILES string of the molecule is NCC=Cc1c[nH]c2ccccc12. The first-order chi connectivity index (χ1) is 6.42. The molecule has 0 fully saturated rings. The highest BCUT2D eigenvalue weighted by atomic mass is 14.7. The largest absolute Gasteiger partial charge is 0.361 e. The molecule has 2 rings (SSSR count). The van der Waals surface area contributed by atoms with Crippen LogP contribution in [0.5, 0.6) is 0 Å². The van der Waals surface area contributed by atoms with Gasteiger partial charge in [0.1, 0.15) is 0 Å². The second-order valence-electron chi connectivity index (χ2n) is 2.93. The van der Waals surface area contributed by atoms with Gasteiger partial charge in [-0.15, -0.1) is 0 Å². The zero-order valence-corrected chi connectivity index (χ0v) is 7.33. The number of hydrogen-bond acceptors (Lipinski definition) is 1. The molecule has 2 nitrogen and oxygen atoms in total. The fourth-order valence-corrected chi connectivity index (χ4v) is 1.43. The fraction of sp³-hybridized carbons (Fsp3) is 0.0909. The Morgan fingerprint density at radius 1 is 1.31 bits per heavy atom. The topological polar surface area (TPSA) is 41.8 Å². The van der Waals surface area contributed by atoms with Crippen LogP contribution in [0.15, 0.2) is 36.5 Å². The molecule has 2 heteroatoms. The van der Waals surface area contributed by atoms with Crippen LogP contribution in [-0.2, 0) is 0 Å². The second-order valence-corrected chi connectivity index (χ2v) is 2.93. The van der Waals surface area contributed by atoms with E-state index in [2.05, 4.69) is 17.1 Å². The highest BCUT2D eigenvalue weighted by Crippen LogP contribution is 2.18. The van der Waals surface area contributed by atoms with Crippen LogP contribution in [0.25, 0.3) is 17.0 Å². The summed E-state index contributed by atoms with van der Waals surface area (Å²) in [7, 11) is 0. The van der Waals surface area contributed by atoms with Crippen molar-refractivity contribution in [1.29, 1.82) is 0 Å². The van der Waals surface area contributed by atoms with Gasteiger partial charge in [-0.05, 0) is 11.6 Å². The van der Waals surface area contributed by atoms with Crippen LogP contribution < -0.4 is 5.73 Å². The van der Waals surface area contributed by atoms with Crippen molar-refractivity contribution in [2.24, 2.45) is 5.73 Å². The average Bonchev–Trinajstić information content (AvgIpc) is 2.58. The number of nitrogens with two attached hydrogens (primary N) is 1. The lowest BCUT2D eigenvalue weighted by molar-refractivity contribution is 1.26. The van der Waals surface area contributed by atoms with Gasteiger partial charge in [-0.25, -0.2) is 0 Å². The van der Waals surface area contributed by atoms with E-state index in [0.717, 1.165) is 0 Å². The number of aromatic amines is 1. The Morgan fingerprint density at radius 2 is 2.15 bits per heavy atom. The number of aromatic nitrogens is 1. The molecule has 0 aliphatic rings. The lowest BCUT2D eigenvalue weighted by atomic mass is 10.1. The molecule has 0 atom stereocenters. The Balaban J connectivity index is 2.52. The molecule has 0 amide bonds.